The summed E-state index contributed by atoms with van der Waals surface area (Å²) in [5.41, 5.74) is -0.130. The molecule has 3 rings (SSSR count). The van der Waals surface area contributed by atoms with Gasteiger partial charge in [-0.1, -0.05) is 5.16 Å². The lowest BCUT2D eigenvalue weighted by Crippen LogP contribution is -2.31. The highest BCUT2D eigenvalue weighted by Crippen LogP contribution is 2.20. The molecule has 25 heavy (non-hydrogen) atoms. The second-order valence-corrected chi connectivity index (χ2v) is 5.93. The molecule has 140 valence electrons. The maximum Gasteiger partial charge on any atom is 0.346 e. The lowest BCUT2D eigenvalue weighted by molar-refractivity contribution is 0.199. The van der Waals surface area contributed by atoms with Crippen molar-refractivity contribution in [2.45, 2.75) is 45.2 Å². The van der Waals surface area contributed by atoms with Crippen molar-refractivity contribution in [3.05, 3.63) is 28.0 Å². The Morgan fingerprint density at radius 2 is 2.28 bits per heavy atom. The van der Waals surface area contributed by atoms with E-state index in [0.717, 1.165) is 31.8 Å². The predicted octanol–water partition coefficient (Wildman–Crippen LogP) is 0.574. The fourth-order valence-corrected chi connectivity index (χ4v) is 3.01. The van der Waals surface area contributed by atoms with Crippen LogP contribution in [0.15, 0.2) is 9.32 Å². The molecule has 0 amide bonds. The lowest BCUT2D eigenvalue weighted by atomic mass is 9.99. The first-order valence-corrected chi connectivity index (χ1v) is 8.41. The van der Waals surface area contributed by atoms with Gasteiger partial charge in [0.1, 0.15) is 12.4 Å². The molecule has 3 heterocycles. The summed E-state index contributed by atoms with van der Waals surface area (Å²) in [5, 5.41) is 11.8. The number of methoxy groups -OCH3 is 1. The van der Waals surface area contributed by atoms with Crippen molar-refractivity contribution in [1.82, 2.24) is 29.8 Å². The van der Waals surface area contributed by atoms with Gasteiger partial charge < -0.3 is 14.6 Å². The van der Waals surface area contributed by atoms with Crippen LogP contribution in [-0.2, 0) is 24.2 Å². The summed E-state index contributed by atoms with van der Waals surface area (Å²) in [5.74, 6) is 2.07. The van der Waals surface area contributed by atoms with Crippen LogP contribution in [0.3, 0.4) is 0 Å². The molecular weight excluding hydrogens is 348 g/mol. The van der Waals surface area contributed by atoms with Gasteiger partial charge in [0.05, 0.1) is 6.61 Å². The second kappa shape index (κ2) is 9.12. The lowest BCUT2D eigenvalue weighted by Gasteiger charge is -2.21. The van der Waals surface area contributed by atoms with E-state index >= 15 is 0 Å². The summed E-state index contributed by atoms with van der Waals surface area (Å²) in [6, 6.07) is 0. The zero-order valence-electron chi connectivity index (χ0n) is 14.6. The van der Waals surface area contributed by atoms with E-state index in [9.17, 15) is 4.79 Å². The Balaban J connectivity index is 0.00000225. The molecule has 1 aliphatic heterocycles. The molecule has 0 aromatic carbocycles. The van der Waals surface area contributed by atoms with Gasteiger partial charge in [-0.25, -0.2) is 9.48 Å². The minimum Gasteiger partial charge on any atom is -0.384 e. The molecule has 1 N–H and O–H groups in total. The number of rotatable bonds is 7. The van der Waals surface area contributed by atoms with Crippen molar-refractivity contribution in [2.75, 3.05) is 26.8 Å². The molecule has 10 heteroatoms. The number of nitrogens with one attached hydrogen (secondary N) is 1. The Morgan fingerprint density at radius 1 is 1.44 bits per heavy atom. The van der Waals surface area contributed by atoms with Gasteiger partial charge >= 0.3 is 5.69 Å². The fourth-order valence-electron chi connectivity index (χ4n) is 3.01. The molecule has 0 radical (unpaired) electrons. The maximum absolute atomic E-state index is 12.6. The number of hydrogen-bond donors (Lipinski definition) is 1. The van der Waals surface area contributed by atoms with Gasteiger partial charge in [-0.05, 0) is 26.3 Å². The topological polar surface area (TPSA) is 100 Å². The predicted molar refractivity (Wildman–Crippen MR) is 93.2 cm³/mol. The summed E-state index contributed by atoms with van der Waals surface area (Å²) in [7, 11) is 1.62. The van der Waals surface area contributed by atoms with E-state index in [0.29, 0.717) is 31.3 Å². The number of aromatic nitrogens is 5. The van der Waals surface area contributed by atoms with Crippen LogP contribution in [0, 0.1) is 0 Å². The average molecular weight is 373 g/mol. The second-order valence-electron chi connectivity index (χ2n) is 5.93. The molecule has 0 aliphatic carbocycles. The van der Waals surface area contributed by atoms with Crippen LogP contribution in [0.2, 0.25) is 0 Å². The van der Waals surface area contributed by atoms with Crippen molar-refractivity contribution in [3.8, 4) is 0 Å². The molecule has 2 aromatic rings. The van der Waals surface area contributed by atoms with Crippen molar-refractivity contribution in [1.29, 1.82) is 0 Å². The van der Waals surface area contributed by atoms with E-state index in [-0.39, 0.29) is 30.6 Å². The summed E-state index contributed by atoms with van der Waals surface area (Å²) < 4.78 is 13.4. The number of piperidine rings is 1. The Hall–Kier alpha value is -1.71. The first-order valence-electron chi connectivity index (χ1n) is 8.41. The van der Waals surface area contributed by atoms with Crippen LogP contribution in [0.25, 0.3) is 0 Å². The third kappa shape index (κ3) is 4.47. The monoisotopic (exact) mass is 372 g/mol. The first-order chi connectivity index (χ1) is 11.7. The highest BCUT2D eigenvalue weighted by molar-refractivity contribution is 5.85. The molecule has 9 nitrogen and oxygen atoms in total. The quantitative estimate of drug-likeness (QED) is 0.758. The third-order valence-corrected chi connectivity index (χ3v) is 4.25. The largest absolute Gasteiger partial charge is 0.384 e. The molecule has 0 spiro atoms. The van der Waals surface area contributed by atoms with Gasteiger partial charge in [0.25, 0.3) is 0 Å². The maximum atomic E-state index is 12.6. The minimum absolute atomic E-state index is 0. The summed E-state index contributed by atoms with van der Waals surface area (Å²) >= 11 is 0. The SMILES string of the molecule is CCn1c(C2CCCNC2)nn(Cc2nc(CCOC)no2)c1=O.Cl. The van der Waals surface area contributed by atoms with E-state index in [2.05, 4.69) is 20.6 Å². The Bertz CT molecular complexity index is 719. The van der Waals surface area contributed by atoms with E-state index in [1.807, 2.05) is 6.92 Å². The molecule has 1 atom stereocenters. The van der Waals surface area contributed by atoms with Gasteiger partial charge in [0, 0.05) is 32.5 Å². The molecule has 2 aromatic heterocycles. The average Bonchev–Trinajstić information content (AvgIpc) is 3.19. The van der Waals surface area contributed by atoms with Crippen LogP contribution in [0.4, 0.5) is 0 Å². The first kappa shape index (κ1) is 19.6. The molecule has 1 unspecified atom stereocenters. The zero-order valence-corrected chi connectivity index (χ0v) is 15.4. The fraction of sp³-hybridized carbons (Fsp3) is 0.733. The van der Waals surface area contributed by atoms with Gasteiger partial charge in [0.15, 0.2) is 5.82 Å². The highest BCUT2D eigenvalue weighted by Gasteiger charge is 2.24. The van der Waals surface area contributed by atoms with Gasteiger partial charge in [0.2, 0.25) is 5.89 Å². The minimum atomic E-state index is -0.130. The number of nitrogens with zero attached hydrogens (tertiary/aromatic N) is 5. The standard InChI is InChI=1S/C15H24N6O3.ClH/c1-3-20-14(11-5-4-7-16-9-11)18-21(15(20)22)10-13-17-12(19-24-13)6-8-23-2;/h11,16H,3-10H2,1-2H3;1H. The number of hydrogen-bond acceptors (Lipinski definition) is 7. The number of ether oxygens (including phenoxy) is 1. The Labute approximate surface area is 152 Å². The van der Waals surface area contributed by atoms with E-state index < -0.39 is 0 Å². The Morgan fingerprint density at radius 3 is 2.96 bits per heavy atom. The van der Waals surface area contributed by atoms with Crippen LogP contribution in [0.5, 0.6) is 0 Å². The van der Waals surface area contributed by atoms with Gasteiger partial charge in [-0.3, -0.25) is 4.57 Å². The zero-order chi connectivity index (χ0) is 16.9. The van der Waals surface area contributed by atoms with E-state index in [1.54, 1.807) is 11.7 Å². The molecule has 1 aliphatic rings. The molecule has 1 fully saturated rings. The Kier molecular flexibility index (Phi) is 7.15. The van der Waals surface area contributed by atoms with Crippen LogP contribution in [0.1, 0.15) is 43.2 Å². The van der Waals surface area contributed by atoms with Crippen LogP contribution < -0.4 is 11.0 Å². The molecule has 1 saturated heterocycles. The highest BCUT2D eigenvalue weighted by atomic mass is 35.5. The van der Waals surface area contributed by atoms with Gasteiger partial charge in [-0.15, -0.1) is 12.4 Å². The van der Waals surface area contributed by atoms with Crippen LogP contribution in [-0.4, -0.2) is 51.3 Å². The smallest absolute Gasteiger partial charge is 0.346 e. The normalized spacial score (nSPS) is 17.4. The van der Waals surface area contributed by atoms with Gasteiger partial charge in [-0.2, -0.15) is 10.1 Å². The van der Waals surface area contributed by atoms with Crippen molar-refractivity contribution < 1.29 is 9.26 Å². The van der Waals surface area contributed by atoms with E-state index in [4.69, 9.17) is 9.26 Å². The third-order valence-electron chi connectivity index (χ3n) is 4.25. The van der Waals surface area contributed by atoms with Crippen molar-refractivity contribution >= 4 is 12.4 Å². The van der Waals surface area contributed by atoms with E-state index in [1.165, 1.54) is 4.68 Å². The van der Waals surface area contributed by atoms with Crippen molar-refractivity contribution in [3.63, 3.8) is 0 Å². The van der Waals surface area contributed by atoms with Crippen molar-refractivity contribution in [2.24, 2.45) is 0 Å². The molecule has 0 bridgehead atoms. The molecule has 0 saturated carbocycles. The van der Waals surface area contributed by atoms with Crippen LogP contribution >= 0.6 is 12.4 Å². The summed E-state index contributed by atoms with van der Waals surface area (Å²) in [6.45, 7) is 5.18. The molecular formula is C15H25ClN6O3. The number of halogens is 1. The summed E-state index contributed by atoms with van der Waals surface area (Å²) in [4.78, 5) is 16.9. The summed E-state index contributed by atoms with van der Waals surface area (Å²) in [6.07, 6.45) is 2.73.